The van der Waals surface area contributed by atoms with Crippen LogP contribution >= 0.6 is 0 Å². The van der Waals surface area contributed by atoms with Crippen molar-refractivity contribution in [1.82, 2.24) is 15.2 Å². The molecule has 8 nitrogen and oxygen atoms in total. The number of carbonyl (C=O) groups excluding carboxylic acids is 3. The number of nitrogens with zero attached hydrogens (tertiary/aromatic N) is 2. The van der Waals surface area contributed by atoms with E-state index in [2.05, 4.69) is 10.3 Å². The zero-order valence-electron chi connectivity index (χ0n) is 19.1. The minimum atomic E-state index is -0.870. The molecular formula is C24H33N3O5. The van der Waals surface area contributed by atoms with Crippen LogP contribution < -0.4 is 5.32 Å². The lowest BCUT2D eigenvalue weighted by molar-refractivity contribution is -0.138. The molecule has 0 saturated heterocycles. The number of hydrogen-bond acceptors (Lipinski definition) is 6. The predicted octanol–water partition coefficient (Wildman–Crippen LogP) is 4.33. The number of carbonyl (C=O) groups is 3. The van der Waals surface area contributed by atoms with E-state index in [4.69, 9.17) is 9.15 Å². The summed E-state index contributed by atoms with van der Waals surface area (Å²) in [6, 6.07) is 6.23. The van der Waals surface area contributed by atoms with Gasteiger partial charge >= 0.3 is 6.09 Å². The number of fused-ring (bicyclic) bond motifs is 1. The number of amides is 2. The van der Waals surface area contributed by atoms with Gasteiger partial charge in [0.05, 0.1) is 0 Å². The van der Waals surface area contributed by atoms with Gasteiger partial charge in [0.25, 0.3) is 11.8 Å². The first kappa shape index (κ1) is 23.8. The second kappa shape index (κ2) is 11.1. The number of rotatable bonds is 8. The Morgan fingerprint density at radius 3 is 2.47 bits per heavy atom. The predicted molar refractivity (Wildman–Crippen MR) is 120 cm³/mol. The SMILES string of the molecule is CC[C@H](NC(=O)O[C@@H](CC1CCCCCC1)C(=O)N(C)C)C(=O)c1nc2ccccc2o1. The van der Waals surface area contributed by atoms with Crippen LogP contribution in [0.2, 0.25) is 0 Å². The van der Waals surface area contributed by atoms with Crippen LogP contribution in [0.25, 0.3) is 11.1 Å². The molecule has 1 saturated carbocycles. The Morgan fingerprint density at radius 1 is 1.16 bits per heavy atom. The molecule has 0 unspecified atom stereocenters. The fourth-order valence-corrected chi connectivity index (χ4v) is 4.17. The highest BCUT2D eigenvalue weighted by molar-refractivity contribution is 5.99. The van der Waals surface area contributed by atoms with Crippen molar-refractivity contribution in [2.24, 2.45) is 5.92 Å². The van der Waals surface area contributed by atoms with Gasteiger partial charge in [0.15, 0.2) is 11.7 Å². The fraction of sp³-hybridized carbons (Fsp3) is 0.583. The monoisotopic (exact) mass is 443 g/mol. The number of Topliss-reactive ketones (excluding diaryl/α,β-unsaturated/α-hetero) is 1. The summed E-state index contributed by atoms with van der Waals surface area (Å²) in [4.78, 5) is 43.9. The van der Waals surface area contributed by atoms with Gasteiger partial charge < -0.3 is 19.4 Å². The van der Waals surface area contributed by atoms with E-state index in [0.29, 0.717) is 29.9 Å². The van der Waals surface area contributed by atoms with E-state index < -0.39 is 24.0 Å². The second-order valence-corrected chi connectivity index (χ2v) is 8.68. The van der Waals surface area contributed by atoms with Crippen LogP contribution in [0.5, 0.6) is 0 Å². The topological polar surface area (TPSA) is 102 Å². The Kier molecular flexibility index (Phi) is 8.25. The van der Waals surface area contributed by atoms with Crippen molar-refractivity contribution in [3.8, 4) is 0 Å². The number of oxazole rings is 1. The van der Waals surface area contributed by atoms with E-state index in [0.717, 1.165) is 25.7 Å². The van der Waals surface area contributed by atoms with Crippen LogP contribution in [-0.4, -0.2) is 53.9 Å². The first-order chi connectivity index (χ1) is 15.4. The minimum absolute atomic E-state index is 0.0577. The molecule has 0 spiro atoms. The molecule has 1 aromatic heterocycles. The van der Waals surface area contributed by atoms with Gasteiger partial charge in [-0.25, -0.2) is 9.78 Å². The largest absolute Gasteiger partial charge is 0.436 e. The van der Waals surface area contributed by atoms with Crippen LogP contribution in [0.4, 0.5) is 4.79 Å². The van der Waals surface area contributed by atoms with Crippen molar-refractivity contribution in [2.45, 2.75) is 70.4 Å². The number of ether oxygens (including phenoxy) is 1. The van der Waals surface area contributed by atoms with Crippen molar-refractivity contribution < 1.29 is 23.5 Å². The Balaban J connectivity index is 1.65. The standard InChI is InChI=1S/C24H33N3O5/c1-4-17(21(28)22-25-18-13-9-10-14-19(18)31-22)26-24(30)32-20(23(29)27(2)3)15-16-11-7-5-6-8-12-16/h9-10,13-14,16-17,20H,4-8,11-12,15H2,1-3H3,(H,26,30)/t17-,20-/m0/s1. The summed E-state index contributed by atoms with van der Waals surface area (Å²) in [7, 11) is 3.30. The molecule has 3 rings (SSSR count). The maximum atomic E-state index is 12.9. The lowest BCUT2D eigenvalue weighted by Gasteiger charge is -2.25. The van der Waals surface area contributed by atoms with E-state index in [1.165, 1.54) is 17.7 Å². The average Bonchev–Trinajstić information content (AvgIpc) is 3.05. The lowest BCUT2D eigenvalue weighted by Crippen LogP contribution is -2.45. The van der Waals surface area contributed by atoms with Crippen LogP contribution in [0.1, 0.15) is 69.0 Å². The van der Waals surface area contributed by atoms with Gasteiger partial charge in [0, 0.05) is 14.1 Å². The van der Waals surface area contributed by atoms with Crippen molar-refractivity contribution in [2.75, 3.05) is 14.1 Å². The van der Waals surface area contributed by atoms with Crippen molar-refractivity contribution in [3.63, 3.8) is 0 Å². The summed E-state index contributed by atoms with van der Waals surface area (Å²) < 4.78 is 11.1. The van der Waals surface area contributed by atoms with Crippen molar-refractivity contribution in [1.29, 1.82) is 0 Å². The van der Waals surface area contributed by atoms with Gasteiger partial charge in [-0.15, -0.1) is 0 Å². The van der Waals surface area contributed by atoms with Gasteiger partial charge in [0.2, 0.25) is 5.78 Å². The zero-order valence-corrected chi connectivity index (χ0v) is 19.1. The first-order valence-corrected chi connectivity index (χ1v) is 11.5. The third-order valence-corrected chi connectivity index (χ3v) is 6.01. The van der Waals surface area contributed by atoms with Crippen LogP contribution in [0.15, 0.2) is 28.7 Å². The molecule has 0 radical (unpaired) electrons. The summed E-state index contributed by atoms with van der Waals surface area (Å²) in [6.07, 6.45) is 5.95. The van der Waals surface area contributed by atoms with Crippen LogP contribution in [0.3, 0.4) is 0 Å². The minimum Gasteiger partial charge on any atom is -0.436 e. The smallest absolute Gasteiger partial charge is 0.408 e. The molecule has 174 valence electrons. The molecule has 32 heavy (non-hydrogen) atoms. The number of hydrogen-bond donors (Lipinski definition) is 1. The lowest BCUT2D eigenvalue weighted by atomic mass is 9.93. The number of alkyl carbamates (subject to hydrolysis) is 1. The number of nitrogens with one attached hydrogen (secondary N) is 1. The number of para-hydroxylation sites is 2. The van der Waals surface area contributed by atoms with Gasteiger partial charge in [-0.1, -0.05) is 57.6 Å². The summed E-state index contributed by atoms with van der Waals surface area (Å²) in [5.41, 5.74) is 1.08. The van der Waals surface area contributed by atoms with Crippen molar-refractivity contribution in [3.05, 3.63) is 30.2 Å². The summed E-state index contributed by atoms with van der Waals surface area (Å²) in [5.74, 6) is -0.386. The summed E-state index contributed by atoms with van der Waals surface area (Å²) in [5, 5.41) is 2.60. The molecule has 2 atom stereocenters. The third kappa shape index (κ3) is 6.08. The fourth-order valence-electron chi connectivity index (χ4n) is 4.17. The summed E-state index contributed by atoms with van der Waals surface area (Å²) in [6.45, 7) is 1.78. The van der Waals surface area contributed by atoms with E-state index in [9.17, 15) is 14.4 Å². The van der Waals surface area contributed by atoms with Gasteiger partial charge in [-0.3, -0.25) is 9.59 Å². The molecule has 1 N–H and O–H groups in total. The number of ketones is 1. The molecule has 1 fully saturated rings. The quantitative estimate of drug-likeness (QED) is 0.481. The molecule has 1 heterocycles. The van der Waals surface area contributed by atoms with Gasteiger partial charge in [-0.05, 0) is 30.9 Å². The van der Waals surface area contributed by atoms with Crippen molar-refractivity contribution >= 4 is 28.9 Å². The second-order valence-electron chi connectivity index (χ2n) is 8.68. The van der Waals surface area contributed by atoms with E-state index in [-0.39, 0.29) is 11.8 Å². The molecule has 2 aromatic rings. The molecule has 1 aliphatic rings. The molecule has 1 aliphatic carbocycles. The highest BCUT2D eigenvalue weighted by atomic mass is 16.6. The van der Waals surface area contributed by atoms with E-state index in [1.54, 1.807) is 39.2 Å². The van der Waals surface area contributed by atoms with Crippen LogP contribution in [0, 0.1) is 5.92 Å². The molecule has 8 heteroatoms. The Bertz CT molecular complexity index is 898. The normalized spacial score (nSPS) is 16.7. The Labute approximate surface area is 188 Å². The first-order valence-electron chi connectivity index (χ1n) is 11.5. The molecule has 2 amide bonds. The molecule has 1 aromatic carbocycles. The maximum absolute atomic E-state index is 12.9. The van der Waals surface area contributed by atoms with Gasteiger partial charge in [0.1, 0.15) is 11.6 Å². The Hall–Kier alpha value is -2.90. The molecular weight excluding hydrogens is 410 g/mol. The Morgan fingerprint density at radius 2 is 1.84 bits per heavy atom. The molecule has 0 aliphatic heterocycles. The number of aromatic nitrogens is 1. The summed E-state index contributed by atoms with van der Waals surface area (Å²) >= 11 is 0. The maximum Gasteiger partial charge on any atom is 0.408 e. The zero-order chi connectivity index (χ0) is 23.1. The average molecular weight is 444 g/mol. The number of likely N-dealkylation sites (N-methyl/N-ethyl adjacent to an activating group) is 1. The third-order valence-electron chi connectivity index (χ3n) is 6.01. The molecule has 0 bridgehead atoms. The van der Waals surface area contributed by atoms with E-state index >= 15 is 0 Å². The van der Waals surface area contributed by atoms with Gasteiger partial charge in [-0.2, -0.15) is 0 Å². The highest BCUT2D eigenvalue weighted by Gasteiger charge is 2.31. The number of benzene rings is 1. The van der Waals surface area contributed by atoms with E-state index in [1.807, 2.05) is 6.07 Å². The highest BCUT2D eigenvalue weighted by Crippen LogP contribution is 2.27. The van der Waals surface area contributed by atoms with Crippen LogP contribution in [-0.2, 0) is 9.53 Å².